The van der Waals surface area contributed by atoms with E-state index in [0.717, 1.165) is 11.1 Å². The number of benzene rings is 2. The van der Waals surface area contributed by atoms with Crippen LogP contribution >= 0.6 is 24.0 Å². The van der Waals surface area contributed by atoms with Crippen molar-refractivity contribution in [3.8, 4) is 0 Å². The SMILES string of the molecule is O=C1/C(=C/c2ccccc2)SC(=S)N1/N=C/c1ccccc1. The van der Waals surface area contributed by atoms with E-state index in [0.29, 0.717) is 9.23 Å². The summed E-state index contributed by atoms with van der Waals surface area (Å²) < 4.78 is 0.444. The van der Waals surface area contributed by atoms with Crippen LogP contribution in [0.25, 0.3) is 6.08 Å². The van der Waals surface area contributed by atoms with Gasteiger partial charge in [-0.1, -0.05) is 72.4 Å². The standard InChI is InChI=1S/C17H12N2OS2/c20-16-15(11-13-7-3-1-4-8-13)22-17(21)19(16)18-12-14-9-5-2-6-10-14/h1-12H/b15-11-,18-12+. The van der Waals surface area contributed by atoms with Crippen molar-refractivity contribution in [2.45, 2.75) is 0 Å². The van der Waals surface area contributed by atoms with Gasteiger partial charge in [0, 0.05) is 0 Å². The van der Waals surface area contributed by atoms with Crippen LogP contribution in [-0.2, 0) is 4.79 Å². The quantitative estimate of drug-likeness (QED) is 0.487. The lowest BCUT2D eigenvalue weighted by atomic mass is 10.2. The number of hydrogen-bond donors (Lipinski definition) is 0. The van der Waals surface area contributed by atoms with Gasteiger partial charge in [0.1, 0.15) is 0 Å². The van der Waals surface area contributed by atoms with E-state index in [-0.39, 0.29) is 5.91 Å². The third-order valence-corrected chi connectivity index (χ3v) is 4.28. The molecule has 0 N–H and O–H groups in total. The summed E-state index contributed by atoms with van der Waals surface area (Å²) in [6.07, 6.45) is 3.47. The predicted octanol–water partition coefficient (Wildman–Crippen LogP) is 3.92. The van der Waals surface area contributed by atoms with Crippen LogP contribution < -0.4 is 0 Å². The molecule has 1 fully saturated rings. The highest BCUT2D eigenvalue weighted by Gasteiger charge is 2.31. The first-order valence-corrected chi connectivity index (χ1v) is 7.88. The van der Waals surface area contributed by atoms with E-state index >= 15 is 0 Å². The molecule has 3 nitrogen and oxygen atoms in total. The number of thioether (sulfide) groups is 1. The molecule has 2 aromatic rings. The van der Waals surface area contributed by atoms with E-state index in [1.54, 1.807) is 6.21 Å². The average molecular weight is 324 g/mol. The first kappa shape index (κ1) is 14.7. The maximum atomic E-state index is 12.4. The monoisotopic (exact) mass is 324 g/mol. The Labute approximate surface area is 138 Å². The summed E-state index contributed by atoms with van der Waals surface area (Å²) in [6, 6.07) is 19.3. The van der Waals surface area contributed by atoms with Gasteiger partial charge in [0.05, 0.1) is 11.1 Å². The van der Waals surface area contributed by atoms with Crippen LogP contribution in [-0.4, -0.2) is 21.5 Å². The van der Waals surface area contributed by atoms with Gasteiger partial charge in [-0.25, -0.2) is 0 Å². The van der Waals surface area contributed by atoms with E-state index in [1.165, 1.54) is 16.8 Å². The number of nitrogens with zero attached hydrogens (tertiary/aromatic N) is 2. The topological polar surface area (TPSA) is 32.7 Å². The Bertz CT molecular complexity index is 755. The molecule has 1 amide bonds. The molecule has 1 aliphatic heterocycles. The normalized spacial score (nSPS) is 16.9. The lowest BCUT2D eigenvalue weighted by Crippen LogP contribution is -2.22. The van der Waals surface area contributed by atoms with Crippen molar-refractivity contribution in [1.82, 2.24) is 5.01 Å². The molecule has 22 heavy (non-hydrogen) atoms. The minimum atomic E-state index is -0.189. The van der Waals surface area contributed by atoms with Crippen molar-refractivity contribution in [3.63, 3.8) is 0 Å². The molecular weight excluding hydrogens is 312 g/mol. The number of carbonyl (C=O) groups is 1. The summed E-state index contributed by atoms with van der Waals surface area (Å²) in [5, 5.41) is 5.47. The number of carbonyl (C=O) groups excluding carboxylic acids is 1. The van der Waals surface area contributed by atoms with Gasteiger partial charge in [-0.05, 0) is 29.4 Å². The van der Waals surface area contributed by atoms with Crippen molar-refractivity contribution < 1.29 is 4.79 Å². The van der Waals surface area contributed by atoms with E-state index in [9.17, 15) is 4.79 Å². The van der Waals surface area contributed by atoms with Gasteiger partial charge in [0.2, 0.25) is 0 Å². The van der Waals surface area contributed by atoms with Crippen LogP contribution in [0.1, 0.15) is 11.1 Å². The Kier molecular flexibility index (Phi) is 4.46. The highest BCUT2D eigenvalue weighted by atomic mass is 32.2. The Morgan fingerprint density at radius 3 is 2.18 bits per heavy atom. The highest BCUT2D eigenvalue weighted by molar-refractivity contribution is 8.26. The maximum Gasteiger partial charge on any atom is 0.286 e. The molecule has 0 aliphatic carbocycles. The van der Waals surface area contributed by atoms with Crippen molar-refractivity contribution in [2.24, 2.45) is 5.10 Å². The predicted molar refractivity (Wildman–Crippen MR) is 95.5 cm³/mol. The lowest BCUT2D eigenvalue weighted by Gasteiger charge is -2.05. The third-order valence-electron chi connectivity index (χ3n) is 2.99. The fraction of sp³-hybridized carbons (Fsp3) is 0. The Morgan fingerprint density at radius 1 is 0.955 bits per heavy atom. The summed E-state index contributed by atoms with van der Waals surface area (Å²) in [5.74, 6) is -0.189. The largest absolute Gasteiger partial charge is 0.286 e. The maximum absolute atomic E-state index is 12.4. The summed E-state index contributed by atoms with van der Waals surface area (Å²) >= 11 is 6.51. The number of rotatable bonds is 3. The molecule has 1 heterocycles. The lowest BCUT2D eigenvalue weighted by molar-refractivity contribution is -0.122. The minimum Gasteiger partial charge on any atom is -0.266 e. The molecule has 0 bridgehead atoms. The van der Waals surface area contributed by atoms with Gasteiger partial charge in [0.15, 0.2) is 4.32 Å². The molecular formula is C17H12N2OS2. The molecule has 1 saturated heterocycles. The number of hydrazone groups is 1. The zero-order chi connectivity index (χ0) is 15.4. The number of hydrogen-bond acceptors (Lipinski definition) is 4. The Hall–Kier alpha value is -2.24. The van der Waals surface area contributed by atoms with Crippen LogP contribution in [0.15, 0.2) is 70.7 Å². The van der Waals surface area contributed by atoms with Crippen molar-refractivity contribution in [3.05, 3.63) is 76.7 Å². The van der Waals surface area contributed by atoms with Crippen molar-refractivity contribution >= 4 is 46.5 Å². The molecule has 0 radical (unpaired) electrons. The fourth-order valence-corrected chi connectivity index (χ4v) is 3.10. The van der Waals surface area contributed by atoms with Gasteiger partial charge in [-0.15, -0.1) is 0 Å². The molecule has 0 saturated carbocycles. The highest BCUT2D eigenvalue weighted by Crippen LogP contribution is 2.32. The molecule has 3 rings (SSSR count). The number of amides is 1. The van der Waals surface area contributed by atoms with E-state index < -0.39 is 0 Å². The van der Waals surface area contributed by atoms with E-state index in [4.69, 9.17) is 12.2 Å². The van der Waals surface area contributed by atoms with Crippen LogP contribution in [0.5, 0.6) is 0 Å². The molecule has 5 heteroatoms. The van der Waals surface area contributed by atoms with Crippen molar-refractivity contribution in [1.29, 1.82) is 0 Å². The second-order valence-electron chi connectivity index (χ2n) is 4.56. The summed E-state index contributed by atoms with van der Waals surface area (Å²) in [5.41, 5.74) is 1.89. The van der Waals surface area contributed by atoms with E-state index in [1.807, 2.05) is 66.7 Å². The zero-order valence-corrected chi connectivity index (χ0v) is 13.2. The molecule has 1 aliphatic rings. The van der Waals surface area contributed by atoms with Gasteiger partial charge in [-0.2, -0.15) is 10.1 Å². The Morgan fingerprint density at radius 2 is 1.55 bits per heavy atom. The average Bonchev–Trinajstić information content (AvgIpc) is 2.81. The molecule has 0 aromatic heterocycles. The van der Waals surface area contributed by atoms with Gasteiger partial charge in [-0.3, -0.25) is 4.79 Å². The van der Waals surface area contributed by atoms with Crippen LogP contribution in [0.4, 0.5) is 0 Å². The summed E-state index contributed by atoms with van der Waals surface area (Å²) in [6.45, 7) is 0. The van der Waals surface area contributed by atoms with Gasteiger partial charge in [0.25, 0.3) is 5.91 Å². The van der Waals surface area contributed by atoms with Gasteiger partial charge < -0.3 is 0 Å². The summed E-state index contributed by atoms with van der Waals surface area (Å²) in [7, 11) is 0. The fourth-order valence-electron chi connectivity index (χ4n) is 1.92. The minimum absolute atomic E-state index is 0.189. The second kappa shape index (κ2) is 6.68. The first-order valence-electron chi connectivity index (χ1n) is 6.66. The third kappa shape index (κ3) is 3.32. The number of thiocarbonyl (C=S) groups is 1. The second-order valence-corrected chi connectivity index (χ2v) is 6.24. The zero-order valence-electron chi connectivity index (χ0n) is 11.5. The van der Waals surface area contributed by atoms with Crippen molar-refractivity contribution in [2.75, 3.05) is 0 Å². The first-order chi connectivity index (χ1) is 10.7. The molecule has 2 aromatic carbocycles. The van der Waals surface area contributed by atoms with E-state index in [2.05, 4.69) is 5.10 Å². The van der Waals surface area contributed by atoms with Crippen LogP contribution in [0.3, 0.4) is 0 Å². The van der Waals surface area contributed by atoms with Crippen LogP contribution in [0.2, 0.25) is 0 Å². The molecule has 0 atom stereocenters. The Balaban J connectivity index is 1.80. The smallest absolute Gasteiger partial charge is 0.266 e. The summed E-state index contributed by atoms with van der Waals surface area (Å²) in [4.78, 5) is 13.0. The molecule has 0 spiro atoms. The molecule has 108 valence electrons. The van der Waals surface area contributed by atoms with Gasteiger partial charge >= 0.3 is 0 Å². The molecule has 0 unspecified atom stereocenters. The van der Waals surface area contributed by atoms with Crippen LogP contribution in [0, 0.1) is 0 Å².